The number of hydrogen-bond donors (Lipinski definition) is 0. The van der Waals surface area contributed by atoms with Crippen LogP contribution in [0.1, 0.15) is 0 Å². The molecule has 0 bridgehead atoms. The van der Waals surface area contributed by atoms with E-state index < -0.39 is 0 Å². The first-order valence-corrected chi connectivity index (χ1v) is 0.866. The Balaban J connectivity index is -0.00000000500. The van der Waals surface area contributed by atoms with Gasteiger partial charge in [0, 0.05) is 26.2 Å². The monoisotopic (exact) mass is 176 g/mol. The van der Waals surface area contributed by atoms with Gasteiger partial charge < -0.3 is 0 Å². The van der Waals surface area contributed by atoms with Crippen molar-refractivity contribution in [2.45, 2.75) is 0 Å². The molecule has 0 radical (unpaired) electrons. The van der Waals surface area contributed by atoms with E-state index in [4.69, 9.17) is 3.80 Å². The van der Waals surface area contributed by atoms with E-state index in [1.165, 1.54) is 0 Å². The molecule has 0 rings (SSSR count). The molecule has 0 aromatic rings. The van der Waals surface area contributed by atoms with Gasteiger partial charge >= 0.3 is 57.8 Å². The third kappa shape index (κ3) is 8.82. The first-order chi connectivity index (χ1) is 1.00. The Bertz CT molecular complexity index is 8.00. The van der Waals surface area contributed by atoms with E-state index in [1.807, 2.05) is 0 Å². The summed E-state index contributed by atoms with van der Waals surface area (Å²) in [5.74, 6) is 0. The molecule has 0 aliphatic rings. The van der Waals surface area contributed by atoms with Crippen LogP contribution in [0.3, 0.4) is 0 Å². The van der Waals surface area contributed by atoms with Gasteiger partial charge in [-0.1, -0.05) is 0 Å². The first kappa shape index (κ1) is 16.1. The summed E-state index contributed by atoms with van der Waals surface area (Å²) in [6.45, 7) is 0. The molecule has 0 amide bonds. The molecule has 0 heterocycles. The molecule has 0 unspecified atom stereocenters. The van der Waals surface area contributed by atoms with Gasteiger partial charge in [-0.2, -0.15) is 0 Å². The third-order valence-corrected chi connectivity index (χ3v) is 0. The van der Waals surface area contributed by atoms with Crippen LogP contribution in [0.4, 0.5) is 0 Å². The second kappa shape index (κ2) is 17.9. The minimum absolute atomic E-state index is 0. The Morgan fingerprint density at radius 2 is 1.25 bits per heavy atom. The number of rotatable bonds is 0. The molecule has 0 saturated carbocycles. The van der Waals surface area contributed by atoms with Crippen LogP contribution in [0.25, 0.3) is 0 Å². The van der Waals surface area contributed by atoms with Crippen LogP contribution in [0.2, 0.25) is 0 Å². The first-order valence-electron chi connectivity index (χ1n) is 0.289. The predicted octanol–water partition coefficient (Wildman–Crippen LogP) is -1.69. The predicted molar refractivity (Wildman–Crippen MR) is 16.4 cm³/mol. The van der Waals surface area contributed by atoms with E-state index >= 15 is 0 Å². The van der Waals surface area contributed by atoms with Gasteiger partial charge in [0.2, 0.25) is 0 Å². The third-order valence-electron chi connectivity index (χ3n) is 0. The smallest absolute Gasteiger partial charge is 0 e. The van der Waals surface area contributed by atoms with Gasteiger partial charge in [0.05, 0.1) is 0 Å². The van der Waals surface area contributed by atoms with Crippen molar-refractivity contribution in [1.29, 1.82) is 0 Å². The second-order valence-electron chi connectivity index (χ2n) is 0. The summed E-state index contributed by atoms with van der Waals surface area (Å²) >= 11 is 0.611. The molecule has 0 atom stereocenters. The Labute approximate surface area is 82.3 Å². The Morgan fingerprint density at radius 1 is 1.25 bits per heavy atom. The van der Waals surface area contributed by atoms with Crippen molar-refractivity contribution >= 4 is 54.0 Å². The Kier molecular flexibility index (Phi) is 71.9. The van der Waals surface area contributed by atoms with E-state index in [1.54, 1.807) is 0 Å². The summed E-state index contributed by atoms with van der Waals surface area (Å²) in [6.07, 6.45) is 0. The van der Waals surface area contributed by atoms with Crippen molar-refractivity contribution in [3.63, 3.8) is 0 Å². The van der Waals surface area contributed by atoms with Crippen LogP contribution in [0, 0.1) is 0 Å². The van der Waals surface area contributed by atoms with Crippen molar-refractivity contribution in [2.75, 3.05) is 0 Å². The van der Waals surface area contributed by atoms with E-state index in [-0.39, 0.29) is 63.9 Å². The molecule has 0 aliphatic heterocycles. The topological polar surface area (TPSA) is 17.1 Å². The molecule has 0 saturated heterocycles. The molecule has 4 heteroatoms. The summed E-state index contributed by atoms with van der Waals surface area (Å²) in [4.78, 5) is 0. The maximum atomic E-state index is 8.28. The summed E-state index contributed by atoms with van der Waals surface area (Å²) in [6, 6.07) is 0. The summed E-state index contributed by atoms with van der Waals surface area (Å²) in [5.41, 5.74) is 0. The van der Waals surface area contributed by atoms with Gasteiger partial charge in [0.25, 0.3) is 0 Å². The van der Waals surface area contributed by atoms with Crippen molar-refractivity contribution in [2.24, 2.45) is 0 Å². The van der Waals surface area contributed by atoms with Gasteiger partial charge in [-0.25, -0.2) is 0 Å². The van der Waals surface area contributed by atoms with Crippen LogP contribution in [0.15, 0.2) is 0 Å². The fraction of sp³-hybridized carbons (Fsp3) is 0. The van der Waals surface area contributed by atoms with E-state index in [2.05, 4.69) is 0 Å². The molecule has 4 heavy (non-hydrogen) atoms. The fourth-order valence-corrected chi connectivity index (χ4v) is 0. The standard InChI is InChI=1S/Al.Ca.O.Zr.3H. The van der Waals surface area contributed by atoms with Gasteiger partial charge in [0.1, 0.15) is 0 Å². The van der Waals surface area contributed by atoms with Crippen molar-refractivity contribution in [3.05, 3.63) is 0 Å². The summed E-state index contributed by atoms with van der Waals surface area (Å²) in [7, 11) is 0. The molecular formula is H3AlCaOZr. The summed E-state index contributed by atoms with van der Waals surface area (Å²) in [5, 5.41) is 0. The molecule has 0 spiro atoms. The van der Waals surface area contributed by atoms with Gasteiger partial charge in [-0.05, 0) is 0 Å². The van der Waals surface area contributed by atoms with Crippen LogP contribution in [-0.2, 0) is 30.0 Å². The van der Waals surface area contributed by atoms with E-state index in [0.29, 0.717) is 16.2 Å². The normalized spacial score (nSPS) is 0.750. The maximum Gasteiger partial charge on any atom is 0 e. The minimum atomic E-state index is 0. The summed E-state index contributed by atoms with van der Waals surface area (Å²) < 4.78 is 8.28. The molecule has 18 valence electrons. The van der Waals surface area contributed by atoms with Crippen LogP contribution >= 0.6 is 0 Å². The molecule has 0 N–H and O–H groups in total. The molecule has 0 aromatic carbocycles. The minimum Gasteiger partial charge on any atom is 0 e. The zero-order valence-electron chi connectivity index (χ0n) is 1.62. The van der Waals surface area contributed by atoms with Crippen LogP contribution in [-0.4, -0.2) is 54.0 Å². The zero-order chi connectivity index (χ0) is 2.00. The van der Waals surface area contributed by atoms with Gasteiger partial charge in [0.15, 0.2) is 0 Å². The molecule has 0 fully saturated rings. The van der Waals surface area contributed by atoms with Crippen molar-refractivity contribution in [3.8, 4) is 0 Å². The van der Waals surface area contributed by atoms with Crippen LogP contribution in [0.5, 0.6) is 0 Å². The zero-order valence-corrected chi connectivity index (χ0v) is 5.49. The van der Waals surface area contributed by atoms with Gasteiger partial charge in [-0.3, -0.25) is 0 Å². The fourth-order valence-electron chi connectivity index (χ4n) is 0. The van der Waals surface area contributed by atoms with E-state index in [0.717, 1.165) is 0 Å². The Hall–Kier alpha value is 2.48. The Morgan fingerprint density at radius 3 is 1.25 bits per heavy atom. The SMILES string of the molecule is [CaH2].[O]=[AlH].[Zr]. The van der Waals surface area contributed by atoms with Crippen molar-refractivity contribution < 1.29 is 30.0 Å². The molecule has 1 nitrogen and oxygen atoms in total. The average molecular weight is 177 g/mol. The van der Waals surface area contributed by atoms with Gasteiger partial charge in [-0.15, -0.1) is 0 Å². The molecule has 0 aliphatic carbocycles. The second-order valence-corrected chi connectivity index (χ2v) is 0. The van der Waals surface area contributed by atoms with E-state index in [9.17, 15) is 0 Å². The largest absolute Gasteiger partial charge is 0 e. The number of hydrogen-bond acceptors (Lipinski definition) is 1. The molecular weight excluding hydrogens is 174 g/mol. The van der Waals surface area contributed by atoms with Crippen LogP contribution < -0.4 is 0 Å². The van der Waals surface area contributed by atoms with Crippen molar-refractivity contribution in [1.82, 2.24) is 0 Å². The maximum absolute atomic E-state index is 8.28. The quantitative estimate of drug-likeness (QED) is 0.404. The molecule has 0 aromatic heterocycles. The average Bonchev–Trinajstić information content (AvgIpc) is 1.00.